The highest BCUT2D eigenvalue weighted by Gasteiger charge is 2.28. The van der Waals surface area contributed by atoms with Gasteiger partial charge in [-0.3, -0.25) is 19.3 Å². The third-order valence-electron chi connectivity index (χ3n) is 4.40. The first kappa shape index (κ1) is 20.1. The zero-order chi connectivity index (χ0) is 20.8. The Bertz CT molecular complexity index is 922. The maximum atomic E-state index is 12.1. The summed E-state index contributed by atoms with van der Waals surface area (Å²) in [4.78, 5) is 48.7. The topological polar surface area (TPSA) is 102 Å². The van der Waals surface area contributed by atoms with Gasteiger partial charge in [-0.2, -0.15) is 0 Å². The molecule has 1 aliphatic heterocycles. The van der Waals surface area contributed by atoms with Crippen LogP contribution in [-0.4, -0.2) is 42.3 Å². The minimum absolute atomic E-state index is 0.175. The molecule has 0 spiro atoms. The average molecular weight is 396 g/mol. The van der Waals surface area contributed by atoms with Crippen molar-refractivity contribution in [2.24, 2.45) is 0 Å². The van der Waals surface area contributed by atoms with Gasteiger partial charge in [0.15, 0.2) is 6.61 Å². The number of nitrogens with one attached hydrogen (secondary N) is 1. The molecule has 8 heteroatoms. The Hall–Kier alpha value is -3.68. The lowest BCUT2D eigenvalue weighted by atomic mass is 10.1. The molecule has 3 rings (SSSR count). The molecule has 150 valence electrons. The third-order valence-corrected chi connectivity index (χ3v) is 4.40. The summed E-state index contributed by atoms with van der Waals surface area (Å²) >= 11 is 0. The number of rotatable bonds is 7. The lowest BCUT2D eigenvalue weighted by Crippen LogP contribution is -2.28. The van der Waals surface area contributed by atoms with Crippen molar-refractivity contribution in [3.63, 3.8) is 0 Å². The van der Waals surface area contributed by atoms with E-state index in [0.717, 1.165) is 5.56 Å². The number of likely N-dealkylation sites (tertiary alicyclic amines) is 1. The molecule has 0 atom stereocenters. The minimum atomic E-state index is -0.653. The second kappa shape index (κ2) is 9.01. The molecule has 2 aromatic rings. The first-order valence-electron chi connectivity index (χ1n) is 9.00. The van der Waals surface area contributed by atoms with E-state index >= 15 is 0 Å². The molecule has 0 radical (unpaired) electrons. The van der Waals surface area contributed by atoms with Crippen molar-refractivity contribution in [1.82, 2.24) is 4.90 Å². The number of esters is 1. The lowest BCUT2D eigenvalue weighted by molar-refractivity contribution is -0.139. The maximum Gasteiger partial charge on any atom is 0.338 e. The monoisotopic (exact) mass is 396 g/mol. The number of hydrogen-bond donors (Lipinski definition) is 1. The summed E-state index contributed by atoms with van der Waals surface area (Å²) in [6.45, 7) is -0.274. The smallest absolute Gasteiger partial charge is 0.338 e. The Kier molecular flexibility index (Phi) is 6.23. The van der Waals surface area contributed by atoms with Crippen LogP contribution in [-0.2, 0) is 25.7 Å². The van der Waals surface area contributed by atoms with Crippen LogP contribution in [0.3, 0.4) is 0 Å². The Balaban J connectivity index is 1.52. The number of carbonyl (C=O) groups excluding carboxylic acids is 4. The highest BCUT2D eigenvalue weighted by Crippen LogP contribution is 2.22. The van der Waals surface area contributed by atoms with Crippen LogP contribution in [0.5, 0.6) is 5.75 Å². The van der Waals surface area contributed by atoms with Crippen molar-refractivity contribution in [2.75, 3.05) is 19.0 Å². The van der Waals surface area contributed by atoms with Crippen LogP contribution in [0.4, 0.5) is 5.69 Å². The molecule has 0 bridgehead atoms. The fraction of sp³-hybridized carbons (Fsp3) is 0.238. The molecule has 3 amide bonds. The standard InChI is InChI=1S/C21H20N2O6/c1-28-17-5-3-2-4-16(17)22-18(24)13-29-21(27)15-8-6-14(7-9-15)12-23-19(25)10-11-20(23)26/h2-9H,10-13H2,1H3,(H,22,24). The molecule has 2 aromatic carbocycles. The zero-order valence-corrected chi connectivity index (χ0v) is 15.8. The number of imide groups is 1. The number of ether oxygens (including phenoxy) is 2. The summed E-state index contributed by atoms with van der Waals surface area (Å²) in [5, 5.41) is 2.62. The van der Waals surface area contributed by atoms with Gasteiger partial charge in [-0.15, -0.1) is 0 Å². The summed E-state index contributed by atoms with van der Waals surface area (Å²) < 4.78 is 10.2. The highest BCUT2D eigenvalue weighted by molar-refractivity contribution is 6.01. The SMILES string of the molecule is COc1ccccc1NC(=O)COC(=O)c1ccc(CN2C(=O)CCC2=O)cc1. The van der Waals surface area contributed by atoms with Crippen LogP contribution < -0.4 is 10.1 Å². The molecule has 1 aliphatic rings. The van der Waals surface area contributed by atoms with E-state index in [0.29, 0.717) is 11.4 Å². The fourth-order valence-electron chi connectivity index (χ4n) is 2.88. The van der Waals surface area contributed by atoms with E-state index in [-0.39, 0.29) is 36.8 Å². The normalized spacial score (nSPS) is 13.3. The molecule has 8 nitrogen and oxygen atoms in total. The number of carbonyl (C=O) groups is 4. The van der Waals surface area contributed by atoms with Crippen LogP contribution >= 0.6 is 0 Å². The van der Waals surface area contributed by atoms with Gasteiger partial charge in [0.2, 0.25) is 11.8 Å². The summed E-state index contributed by atoms with van der Waals surface area (Å²) in [6, 6.07) is 13.2. The molecule has 1 saturated heterocycles. The van der Waals surface area contributed by atoms with E-state index in [4.69, 9.17) is 9.47 Å². The molecule has 0 aliphatic carbocycles. The summed E-state index contributed by atoms with van der Waals surface area (Å²) in [5.41, 5.74) is 1.46. The van der Waals surface area contributed by atoms with Crippen molar-refractivity contribution in [3.8, 4) is 5.75 Å². The van der Waals surface area contributed by atoms with Crippen molar-refractivity contribution in [3.05, 3.63) is 59.7 Å². The Morgan fingerprint density at radius 1 is 1.00 bits per heavy atom. The second-order valence-corrected chi connectivity index (χ2v) is 6.40. The highest BCUT2D eigenvalue weighted by atomic mass is 16.5. The number of para-hydroxylation sites is 2. The van der Waals surface area contributed by atoms with Crippen LogP contribution in [0.2, 0.25) is 0 Å². The Morgan fingerprint density at radius 3 is 2.31 bits per heavy atom. The van der Waals surface area contributed by atoms with Crippen LogP contribution in [0, 0.1) is 0 Å². The molecule has 1 fully saturated rings. The predicted molar refractivity (Wildman–Crippen MR) is 103 cm³/mol. The largest absolute Gasteiger partial charge is 0.495 e. The minimum Gasteiger partial charge on any atom is -0.495 e. The first-order chi connectivity index (χ1) is 14.0. The van der Waals surface area contributed by atoms with Gasteiger partial charge in [-0.1, -0.05) is 24.3 Å². The van der Waals surface area contributed by atoms with Crippen LogP contribution in [0.25, 0.3) is 0 Å². The van der Waals surface area contributed by atoms with Gasteiger partial charge >= 0.3 is 5.97 Å². The van der Waals surface area contributed by atoms with Gasteiger partial charge in [-0.25, -0.2) is 4.79 Å². The summed E-state index contributed by atoms with van der Waals surface area (Å²) in [7, 11) is 1.49. The average Bonchev–Trinajstić information content (AvgIpc) is 3.05. The van der Waals surface area contributed by atoms with E-state index in [1.807, 2.05) is 0 Å². The second-order valence-electron chi connectivity index (χ2n) is 6.40. The van der Waals surface area contributed by atoms with Gasteiger partial charge in [0.1, 0.15) is 5.75 Å². The number of amides is 3. The Labute approximate surface area is 167 Å². The molecule has 29 heavy (non-hydrogen) atoms. The van der Waals surface area contributed by atoms with Crippen molar-refractivity contribution >= 4 is 29.4 Å². The maximum absolute atomic E-state index is 12.1. The number of benzene rings is 2. The quantitative estimate of drug-likeness (QED) is 0.568. The molecule has 0 unspecified atom stereocenters. The number of nitrogens with zero attached hydrogens (tertiary/aromatic N) is 1. The Morgan fingerprint density at radius 2 is 1.66 bits per heavy atom. The van der Waals surface area contributed by atoms with E-state index in [2.05, 4.69) is 5.32 Å². The number of hydrogen-bond acceptors (Lipinski definition) is 6. The van der Waals surface area contributed by atoms with Crippen LogP contribution in [0.15, 0.2) is 48.5 Å². The van der Waals surface area contributed by atoms with Gasteiger partial charge in [0.05, 0.1) is 24.9 Å². The fourth-order valence-corrected chi connectivity index (χ4v) is 2.88. The van der Waals surface area contributed by atoms with Crippen molar-refractivity contribution < 1.29 is 28.7 Å². The van der Waals surface area contributed by atoms with Crippen molar-refractivity contribution in [1.29, 1.82) is 0 Å². The van der Waals surface area contributed by atoms with Gasteiger partial charge in [0.25, 0.3) is 5.91 Å². The first-order valence-corrected chi connectivity index (χ1v) is 9.00. The predicted octanol–water partition coefficient (Wildman–Crippen LogP) is 2.14. The lowest BCUT2D eigenvalue weighted by Gasteiger charge is -2.14. The van der Waals surface area contributed by atoms with Crippen molar-refractivity contribution in [2.45, 2.75) is 19.4 Å². The van der Waals surface area contributed by atoms with E-state index in [1.165, 1.54) is 24.1 Å². The summed E-state index contributed by atoms with van der Waals surface area (Å²) in [5.74, 6) is -1.04. The number of anilines is 1. The van der Waals surface area contributed by atoms with E-state index in [9.17, 15) is 19.2 Å². The molecule has 1 N–H and O–H groups in total. The van der Waals surface area contributed by atoms with Gasteiger partial charge < -0.3 is 14.8 Å². The van der Waals surface area contributed by atoms with Gasteiger partial charge in [-0.05, 0) is 29.8 Å². The molecule has 0 aromatic heterocycles. The third kappa shape index (κ3) is 4.98. The number of methoxy groups -OCH3 is 1. The molecular formula is C21H20N2O6. The molecule has 1 heterocycles. The van der Waals surface area contributed by atoms with Crippen LogP contribution in [0.1, 0.15) is 28.8 Å². The van der Waals surface area contributed by atoms with E-state index < -0.39 is 18.5 Å². The molecular weight excluding hydrogens is 376 g/mol. The zero-order valence-electron chi connectivity index (χ0n) is 15.8. The summed E-state index contributed by atoms with van der Waals surface area (Å²) in [6.07, 6.45) is 0.473. The molecule has 0 saturated carbocycles. The van der Waals surface area contributed by atoms with Gasteiger partial charge in [0, 0.05) is 12.8 Å². The van der Waals surface area contributed by atoms with E-state index in [1.54, 1.807) is 36.4 Å².